The van der Waals surface area contributed by atoms with Gasteiger partial charge in [-0.25, -0.2) is 19.3 Å². The second-order valence-corrected chi connectivity index (χ2v) is 10.0. The molecule has 0 bridgehead atoms. The van der Waals surface area contributed by atoms with Crippen LogP contribution in [0.4, 0.5) is 16.0 Å². The monoisotopic (exact) mass is 456 g/mol. The molecule has 32 heavy (non-hydrogen) atoms. The van der Waals surface area contributed by atoms with Gasteiger partial charge in [0.2, 0.25) is 0 Å². The Hall–Kier alpha value is -2.91. The molecule has 1 aliphatic rings. The number of anilines is 2. The van der Waals surface area contributed by atoms with Gasteiger partial charge < -0.3 is 15.5 Å². The van der Waals surface area contributed by atoms with Gasteiger partial charge >= 0.3 is 5.97 Å². The van der Waals surface area contributed by atoms with Crippen LogP contribution in [0.2, 0.25) is 0 Å². The van der Waals surface area contributed by atoms with Crippen LogP contribution in [0.1, 0.15) is 43.7 Å². The van der Waals surface area contributed by atoms with Crippen LogP contribution < -0.4 is 5.32 Å². The molecular weight excluding hydrogens is 431 g/mol. The Morgan fingerprint density at radius 1 is 1.25 bits per heavy atom. The number of aromatic nitrogens is 3. The van der Waals surface area contributed by atoms with E-state index in [0.717, 1.165) is 11.1 Å². The van der Waals surface area contributed by atoms with Gasteiger partial charge in [0, 0.05) is 6.20 Å². The van der Waals surface area contributed by atoms with Crippen LogP contribution >= 0.6 is 11.3 Å². The molecule has 9 heteroatoms. The Labute approximate surface area is 189 Å². The van der Waals surface area contributed by atoms with E-state index in [4.69, 9.17) is 0 Å². The number of nitrogens with zero attached hydrogens (tertiary/aromatic N) is 3. The zero-order chi connectivity index (χ0) is 23.1. The lowest BCUT2D eigenvalue weighted by Crippen LogP contribution is -2.44. The highest BCUT2D eigenvalue weighted by molar-refractivity contribution is 7.15. The topological polar surface area (TPSA) is 108 Å². The summed E-state index contributed by atoms with van der Waals surface area (Å²) in [6, 6.07) is 7.09. The fraction of sp³-hybridized carbons (Fsp3) is 0.391. The molecule has 0 saturated heterocycles. The van der Waals surface area contributed by atoms with Gasteiger partial charge in [-0.15, -0.1) is 11.3 Å². The van der Waals surface area contributed by atoms with Crippen molar-refractivity contribution in [2.45, 2.75) is 45.6 Å². The average Bonchev–Trinajstić information content (AvgIpc) is 3.21. The first-order valence-corrected chi connectivity index (χ1v) is 11.2. The third kappa shape index (κ3) is 4.35. The molecule has 1 fully saturated rings. The number of thiazole rings is 1. The summed E-state index contributed by atoms with van der Waals surface area (Å²) in [5, 5.41) is 24.5. The number of carboxylic acid groups (broad SMARTS) is 1. The molecule has 0 unspecified atom stereocenters. The minimum atomic E-state index is -1.16. The first-order chi connectivity index (χ1) is 15.1. The van der Waals surface area contributed by atoms with E-state index in [1.165, 1.54) is 11.3 Å². The Balaban J connectivity index is 1.55. The Morgan fingerprint density at radius 2 is 2.03 bits per heavy atom. The van der Waals surface area contributed by atoms with Gasteiger partial charge in [0.15, 0.2) is 0 Å². The van der Waals surface area contributed by atoms with Crippen molar-refractivity contribution in [3.63, 3.8) is 0 Å². The first-order valence-electron chi connectivity index (χ1n) is 10.4. The molecule has 168 valence electrons. The van der Waals surface area contributed by atoms with E-state index in [-0.39, 0.29) is 5.82 Å². The summed E-state index contributed by atoms with van der Waals surface area (Å²) in [5.41, 5.74) is -0.546. The zero-order valence-electron chi connectivity index (χ0n) is 18.1. The molecule has 3 heterocycles. The first kappa shape index (κ1) is 22.3. The highest BCUT2D eigenvalue weighted by Gasteiger charge is 2.49. The predicted octanol–water partition coefficient (Wildman–Crippen LogP) is 4.89. The zero-order valence-corrected chi connectivity index (χ0v) is 18.9. The SMILES string of the molecule is Cc1cc(Nc2cccc(-c3cnc([C@@]4(O)CC[C@H](C(=O)O)C(C)(C)C4)s3)n2)ncc1F. The number of aliphatic hydroxyl groups is 1. The number of nitrogens with one attached hydrogen (secondary N) is 1. The Kier molecular flexibility index (Phi) is 5.72. The number of hydrogen-bond acceptors (Lipinski definition) is 7. The van der Waals surface area contributed by atoms with Gasteiger partial charge in [0.1, 0.15) is 28.1 Å². The Bertz CT molecular complexity index is 1170. The number of hydrogen-bond donors (Lipinski definition) is 3. The fourth-order valence-electron chi connectivity index (χ4n) is 4.37. The van der Waals surface area contributed by atoms with Crippen LogP contribution in [0.5, 0.6) is 0 Å². The molecule has 4 rings (SSSR count). The number of rotatable bonds is 5. The summed E-state index contributed by atoms with van der Waals surface area (Å²) in [7, 11) is 0. The van der Waals surface area contributed by atoms with Crippen molar-refractivity contribution >= 4 is 28.9 Å². The fourth-order valence-corrected chi connectivity index (χ4v) is 5.37. The van der Waals surface area contributed by atoms with Crippen molar-refractivity contribution < 1.29 is 19.4 Å². The number of halogens is 1. The van der Waals surface area contributed by atoms with Crippen molar-refractivity contribution in [2.75, 3.05) is 5.32 Å². The molecule has 3 aromatic heterocycles. The van der Waals surface area contributed by atoms with Crippen molar-refractivity contribution in [3.05, 3.63) is 53.0 Å². The van der Waals surface area contributed by atoms with Crippen LogP contribution in [0, 0.1) is 24.1 Å². The molecule has 7 nitrogen and oxygen atoms in total. The molecule has 0 radical (unpaired) electrons. The molecule has 1 saturated carbocycles. The lowest BCUT2D eigenvalue weighted by molar-refractivity contribution is -0.154. The van der Waals surface area contributed by atoms with Gasteiger partial charge in [0.25, 0.3) is 0 Å². The lowest BCUT2D eigenvalue weighted by Gasteiger charge is -2.44. The van der Waals surface area contributed by atoms with E-state index in [9.17, 15) is 19.4 Å². The molecule has 0 spiro atoms. The lowest BCUT2D eigenvalue weighted by atomic mass is 9.63. The summed E-state index contributed by atoms with van der Waals surface area (Å²) in [6.45, 7) is 5.43. The molecular formula is C23H25FN4O3S. The molecule has 0 aliphatic heterocycles. The number of carbonyl (C=O) groups is 1. The largest absolute Gasteiger partial charge is 0.481 e. The second-order valence-electron chi connectivity index (χ2n) is 9.01. The maximum atomic E-state index is 13.5. The smallest absolute Gasteiger partial charge is 0.307 e. The van der Waals surface area contributed by atoms with E-state index in [0.29, 0.717) is 47.2 Å². The molecule has 3 aromatic rings. The number of aliphatic carboxylic acids is 1. The molecule has 1 aliphatic carbocycles. The highest BCUT2D eigenvalue weighted by atomic mass is 32.1. The van der Waals surface area contributed by atoms with Crippen LogP contribution in [0.15, 0.2) is 36.7 Å². The van der Waals surface area contributed by atoms with Gasteiger partial charge in [0.05, 0.1) is 22.7 Å². The van der Waals surface area contributed by atoms with Crippen molar-refractivity contribution in [2.24, 2.45) is 11.3 Å². The van der Waals surface area contributed by atoms with E-state index in [1.54, 1.807) is 25.3 Å². The third-order valence-electron chi connectivity index (χ3n) is 6.04. The highest BCUT2D eigenvalue weighted by Crippen LogP contribution is 2.50. The van der Waals surface area contributed by atoms with Crippen LogP contribution in [-0.4, -0.2) is 31.1 Å². The summed E-state index contributed by atoms with van der Waals surface area (Å²) in [4.78, 5) is 25.5. The van der Waals surface area contributed by atoms with Gasteiger partial charge in [-0.3, -0.25) is 4.79 Å². The third-order valence-corrected chi connectivity index (χ3v) is 7.26. The van der Waals surface area contributed by atoms with Crippen molar-refractivity contribution in [1.82, 2.24) is 15.0 Å². The normalized spacial score (nSPS) is 22.5. The number of carboxylic acids is 1. The number of aryl methyl sites for hydroxylation is 1. The minimum absolute atomic E-state index is 0.328. The predicted molar refractivity (Wildman–Crippen MR) is 120 cm³/mol. The van der Waals surface area contributed by atoms with E-state index in [1.807, 2.05) is 26.0 Å². The van der Waals surface area contributed by atoms with Gasteiger partial charge in [-0.05, 0) is 55.4 Å². The van der Waals surface area contributed by atoms with Crippen molar-refractivity contribution in [1.29, 1.82) is 0 Å². The van der Waals surface area contributed by atoms with E-state index >= 15 is 0 Å². The quantitative estimate of drug-likeness (QED) is 0.502. The standard InChI is InChI=1S/C23H25FN4O3S/c1-13-9-19(25-10-15(13)24)28-18-6-4-5-16(27-18)17-11-26-21(32-17)23(31)8-7-14(20(29)30)22(2,3)12-23/h4-6,9-11,14,31H,7-8,12H2,1-3H3,(H,29,30)(H,25,27,28)/t14-,23-/m1/s1. The van der Waals surface area contributed by atoms with Crippen LogP contribution in [-0.2, 0) is 10.4 Å². The van der Waals surface area contributed by atoms with Crippen molar-refractivity contribution in [3.8, 4) is 10.6 Å². The minimum Gasteiger partial charge on any atom is -0.481 e. The second kappa shape index (κ2) is 8.22. The maximum absolute atomic E-state index is 13.5. The van der Waals surface area contributed by atoms with E-state index < -0.39 is 22.9 Å². The number of pyridine rings is 2. The summed E-state index contributed by atoms with van der Waals surface area (Å²) >= 11 is 1.36. The summed E-state index contributed by atoms with van der Waals surface area (Å²) in [5.74, 6) is -0.637. The summed E-state index contributed by atoms with van der Waals surface area (Å²) in [6.07, 6.45) is 3.92. The maximum Gasteiger partial charge on any atom is 0.307 e. The van der Waals surface area contributed by atoms with Crippen LogP contribution in [0.3, 0.4) is 0 Å². The Morgan fingerprint density at radius 3 is 2.72 bits per heavy atom. The molecule has 3 N–H and O–H groups in total. The van der Waals surface area contributed by atoms with E-state index in [2.05, 4.69) is 20.3 Å². The average molecular weight is 457 g/mol. The van der Waals surface area contributed by atoms with Crippen LogP contribution in [0.25, 0.3) is 10.6 Å². The molecule has 0 aromatic carbocycles. The molecule has 2 atom stereocenters. The van der Waals surface area contributed by atoms with Gasteiger partial charge in [-0.1, -0.05) is 19.9 Å². The summed E-state index contributed by atoms with van der Waals surface area (Å²) < 4.78 is 13.5. The molecule has 0 amide bonds. The van der Waals surface area contributed by atoms with Gasteiger partial charge in [-0.2, -0.15) is 0 Å².